The van der Waals surface area contributed by atoms with Crippen LogP contribution in [0.1, 0.15) is 37.3 Å². The van der Waals surface area contributed by atoms with E-state index in [1.54, 1.807) is 0 Å². The second-order valence-corrected chi connectivity index (χ2v) is 16.8. The molecule has 1 aliphatic rings. The van der Waals surface area contributed by atoms with Gasteiger partial charge in [0.1, 0.15) is 24.2 Å². The number of benzene rings is 3. The molecule has 0 aliphatic carbocycles. The second-order valence-electron chi connectivity index (χ2n) is 12.8. The molecule has 16 heteroatoms. The highest BCUT2D eigenvalue weighted by atomic mass is 32.2. The Hall–Kier alpha value is -4.27. The minimum Gasteiger partial charge on any atom is -0.368 e. The molecule has 5 amide bonds. The first kappa shape index (κ1) is 38.9. The number of piperidine rings is 1. The lowest BCUT2D eigenvalue weighted by Crippen LogP contribution is -2.61. The number of thioether (sulfide) groups is 1. The number of hydrogen-bond acceptors (Lipinski definition) is 8. The first-order valence-corrected chi connectivity index (χ1v) is 20.6. The molecule has 3 aromatic carbocycles. The number of amides is 5. The van der Waals surface area contributed by atoms with E-state index < -0.39 is 66.8 Å². The molecule has 0 unspecified atom stereocenters. The van der Waals surface area contributed by atoms with Crippen molar-refractivity contribution in [1.82, 2.24) is 20.9 Å². The van der Waals surface area contributed by atoms with E-state index in [1.165, 1.54) is 23.2 Å². The van der Waals surface area contributed by atoms with Crippen LogP contribution in [0.15, 0.2) is 72.1 Å². The Morgan fingerprint density at radius 1 is 0.923 bits per heavy atom. The van der Waals surface area contributed by atoms with Crippen molar-refractivity contribution in [3.63, 3.8) is 0 Å². The zero-order chi connectivity index (χ0) is 37.4. The third kappa shape index (κ3) is 10.4. The van der Waals surface area contributed by atoms with E-state index in [9.17, 15) is 38.3 Å². The summed E-state index contributed by atoms with van der Waals surface area (Å²) in [6, 6.07) is 16.7. The molecular weight excluding hydrogens is 726 g/mol. The second kappa shape index (κ2) is 17.5. The lowest BCUT2D eigenvalue weighted by atomic mass is 9.98. The molecule has 2 heterocycles. The van der Waals surface area contributed by atoms with Gasteiger partial charge in [0.05, 0.1) is 5.49 Å². The van der Waals surface area contributed by atoms with Gasteiger partial charge in [0, 0.05) is 36.8 Å². The molecule has 5 rings (SSSR count). The number of rotatable bonds is 15. The summed E-state index contributed by atoms with van der Waals surface area (Å²) in [5.41, 5.74) is 6.74. The SMILES string of the molecule is CC(=O)N[C@@H](Cc1csc2ccccc12)C(=O)N[C@H](CSCP(=O)(O)O)C(=O)N1CCCC[C@H]1C(=O)N[C@@H](Cc1ccc2ccccc2c1)C(N)=O. The molecule has 1 aliphatic heterocycles. The lowest BCUT2D eigenvalue weighted by Gasteiger charge is -2.37. The molecule has 0 bridgehead atoms. The van der Waals surface area contributed by atoms with Gasteiger partial charge in [-0.15, -0.1) is 23.1 Å². The maximum Gasteiger partial charge on any atom is 0.335 e. The number of carbonyl (C=O) groups excluding carboxylic acids is 5. The van der Waals surface area contributed by atoms with Gasteiger partial charge in [-0.1, -0.05) is 60.7 Å². The monoisotopic (exact) mass is 767 g/mol. The summed E-state index contributed by atoms with van der Waals surface area (Å²) in [6.07, 6.45) is 1.74. The predicted molar refractivity (Wildman–Crippen MR) is 203 cm³/mol. The average molecular weight is 768 g/mol. The lowest BCUT2D eigenvalue weighted by molar-refractivity contribution is -0.145. The Kier molecular flexibility index (Phi) is 13.1. The van der Waals surface area contributed by atoms with Crippen LogP contribution in [0.5, 0.6) is 0 Å². The molecule has 7 N–H and O–H groups in total. The molecule has 1 aromatic heterocycles. The predicted octanol–water partition coefficient (Wildman–Crippen LogP) is 3.05. The summed E-state index contributed by atoms with van der Waals surface area (Å²) in [5, 5.41) is 12.9. The summed E-state index contributed by atoms with van der Waals surface area (Å²) < 4.78 is 12.7. The summed E-state index contributed by atoms with van der Waals surface area (Å²) in [7, 11) is -4.45. The van der Waals surface area contributed by atoms with Gasteiger partial charge in [0.25, 0.3) is 0 Å². The highest BCUT2D eigenvalue weighted by Gasteiger charge is 2.38. The average Bonchev–Trinajstić information content (AvgIpc) is 3.52. The minimum absolute atomic E-state index is 0.131. The van der Waals surface area contributed by atoms with Crippen molar-refractivity contribution < 1.29 is 38.3 Å². The van der Waals surface area contributed by atoms with Crippen LogP contribution in [0.4, 0.5) is 0 Å². The van der Waals surface area contributed by atoms with E-state index in [4.69, 9.17) is 5.73 Å². The molecule has 276 valence electrons. The van der Waals surface area contributed by atoms with Crippen LogP contribution in [-0.2, 0) is 41.4 Å². The highest BCUT2D eigenvalue weighted by Crippen LogP contribution is 2.39. The number of nitrogens with zero attached hydrogens (tertiary/aromatic N) is 1. The first-order chi connectivity index (χ1) is 24.8. The van der Waals surface area contributed by atoms with Crippen molar-refractivity contribution in [3.8, 4) is 0 Å². The molecule has 52 heavy (non-hydrogen) atoms. The Morgan fingerprint density at radius 2 is 1.65 bits per heavy atom. The summed E-state index contributed by atoms with van der Waals surface area (Å²) in [5.74, 6) is -3.27. The number of nitrogens with one attached hydrogen (secondary N) is 3. The fourth-order valence-corrected chi connectivity index (χ4v) is 9.17. The maximum absolute atomic E-state index is 14.2. The van der Waals surface area contributed by atoms with Gasteiger partial charge >= 0.3 is 7.60 Å². The molecule has 13 nitrogen and oxygen atoms in total. The van der Waals surface area contributed by atoms with Crippen LogP contribution in [0.25, 0.3) is 20.9 Å². The number of likely N-dealkylation sites (tertiary alicyclic amines) is 1. The number of hydrogen-bond donors (Lipinski definition) is 6. The van der Waals surface area contributed by atoms with Crippen LogP contribution < -0.4 is 21.7 Å². The molecule has 4 aromatic rings. The summed E-state index contributed by atoms with van der Waals surface area (Å²) >= 11 is 2.29. The molecule has 0 spiro atoms. The zero-order valence-electron chi connectivity index (χ0n) is 28.5. The van der Waals surface area contributed by atoms with Gasteiger partial charge in [0.15, 0.2) is 0 Å². The van der Waals surface area contributed by atoms with Crippen molar-refractivity contribution in [3.05, 3.63) is 83.2 Å². The van der Waals surface area contributed by atoms with Crippen molar-refractivity contribution in [1.29, 1.82) is 0 Å². The van der Waals surface area contributed by atoms with E-state index >= 15 is 0 Å². The van der Waals surface area contributed by atoms with Crippen molar-refractivity contribution in [2.24, 2.45) is 5.73 Å². The highest BCUT2D eigenvalue weighted by molar-refractivity contribution is 8.04. The molecule has 4 atom stereocenters. The number of primary amides is 1. The fourth-order valence-electron chi connectivity index (χ4n) is 6.36. The molecule has 1 saturated heterocycles. The Bertz CT molecular complexity index is 2000. The smallest absolute Gasteiger partial charge is 0.335 e. The topological polar surface area (TPSA) is 208 Å². The number of carbonyl (C=O) groups is 5. The quantitative estimate of drug-likeness (QED) is 0.0982. The number of thiophene rings is 1. The largest absolute Gasteiger partial charge is 0.368 e. The van der Waals surface area contributed by atoms with Crippen LogP contribution in [0.3, 0.4) is 0 Å². The molecule has 1 fully saturated rings. The Balaban J connectivity index is 1.34. The van der Waals surface area contributed by atoms with Gasteiger partial charge < -0.3 is 36.4 Å². The van der Waals surface area contributed by atoms with Gasteiger partial charge in [-0.3, -0.25) is 28.5 Å². The van der Waals surface area contributed by atoms with Crippen LogP contribution in [0, 0.1) is 0 Å². The first-order valence-electron chi connectivity index (χ1n) is 16.8. The number of fused-ring (bicyclic) bond motifs is 2. The molecule has 0 radical (unpaired) electrons. The van der Waals surface area contributed by atoms with Crippen LogP contribution >= 0.6 is 30.7 Å². The summed E-state index contributed by atoms with van der Waals surface area (Å²) in [6.45, 7) is 1.45. The molecule has 0 saturated carbocycles. The normalized spacial score (nSPS) is 16.5. The standard InChI is InChI=1S/C36H42N5O8PS2/c1-22(42)38-29(18-26-19-52-32-12-5-4-10-27(26)32)34(44)40-30(20-51-21-50(47,48)49)36(46)41-15-7-6-11-31(41)35(45)39-28(33(37)43)17-23-13-14-24-8-2-3-9-25(24)16-23/h2-5,8-10,12-14,16,19,28-31H,6-7,11,15,17-18,20-21H2,1H3,(H2,37,43)(H,38,42)(H,39,45)(H,40,44)(H2,47,48,49)/t28-,29-,30+,31-/m0/s1. The third-order valence-electron chi connectivity index (χ3n) is 8.84. The number of nitrogens with two attached hydrogens (primary N) is 1. The van der Waals surface area contributed by atoms with Crippen molar-refractivity contribution >= 4 is 81.1 Å². The maximum atomic E-state index is 14.2. The van der Waals surface area contributed by atoms with Crippen LogP contribution in [0.2, 0.25) is 0 Å². The third-order valence-corrected chi connectivity index (χ3v) is 12.5. The van der Waals surface area contributed by atoms with E-state index in [1.807, 2.05) is 72.1 Å². The van der Waals surface area contributed by atoms with Gasteiger partial charge in [0.2, 0.25) is 29.5 Å². The molecular formula is C36H42N5O8PS2. The Labute approximate surface area is 309 Å². The Morgan fingerprint density at radius 3 is 2.38 bits per heavy atom. The summed E-state index contributed by atoms with van der Waals surface area (Å²) in [4.78, 5) is 86.9. The zero-order valence-corrected chi connectivity index (χ0v) is 31.1. The minimum atomic E-state index is -4.45. The van der Waals surface area contributed by atoms with Crippen molar-refractivity contribution in [2.45, 2.75) is 63.2 Å². The van der Waals surface area contributed by atoms with Gasteiger partial charge in [-0.25, -0.2) is 0 Å². The van der Waals surface area contributed by atoms with E-state index in [-0.39, 0.29) is 31.6 Å². The van der Waals surface area contributed by atoms with E-state index in [0.717, 1.165) is 43.7 Å². The van der Waals surface area contributed by atoms with Gasteiger partial charge in [-0.05, 0) is 58.0 Å². The fraction of sp³-hybridized carbons (Fsp3) is 0.361. The van der Waals surface area contributed by atoms with E-state index in [2.05, 4.69) is 16.0 Å². The van der Waals surface area contributed by atoms with Crippen LogP contribution in [-0.4, -0.2) is 86.2 Å². The van der Waals surface area contributed by atoms with Crippen molar-refractivity contribution in [2.75, 3.05) is 17.8 Å². The van der Waals surface area contributed by atoms with Gasteiger partial charge in [-0.2, -0.15) is 0 Å². The van der Waals surface area contributed by atoms with E-state index in [0.29, 0.717) is 12.8 Å².